The lowest BCUT2D eigenvalue weighted by molar-refractivity contribution is -0.138. The van der Waals surface area contributed by atoms with E-state index in [9.17, 15) is 14.7 Å². The van der Waals surface area contributed by atoms with Crippen molar-refractivity contribution in [3.8, 4) is 17.2 Å². The van der Waals surface area contributed by atoms with Crippen LogP contribution in [0.1, 0.15) is 49.7 Å². The molecule has 2 atom stereocenters. The van der Waals surface area contributed by atoms with E-state index < -0.39 is 11.9 Å². The van der Waals surface area contributed by atoms with E-state index in [4.69, 9.17) is 14.2 Å². The van der Waals surface area contributed by atoms with Gasteiger partial charge in [0.15, 0.2) is 17.3 Å². The number of phenolic OH excluding ortho intramolecular Hbond substituents is 1. The van der Waals surface area contributed by atoms with Crippen LogP contribution in [-0.2, 0) is 14.3 Å². The van der Waals surface area contributed by atoms with Crippen LogP contribution in [0.15, 0.2) is 65.0 Å². The maximum atomic E-state index is 13.6. The lowest BCUT2D eigenvalue weighted by Crippen LogP contribution is -2.36. The Morgan fingerprint density at radius 1 is 1.06 bits per heavy atom. The van der Waals surface area contributed by atoms with Crippen molar-refractivity contribution < 1.29 is 28.9 Å². The lowest BCUT2D eigenvalue weighted by atomic mass is 9.71. The monoisotopic (exact) mass is 463 g/mol. The summed E-state index contributed by atoms with van der Waals surface area (Å²) < 4.78 is 15.9. The molecule has 4 rings (SSSR count). The number of hydrogen-bond acceptors (Lipinski definition) is 7. The number of Topliss-reactive ketones (excluding diaryl/α,β-unsaturated/α-hetero) is 1. The summed E-state index contributed by atoms with van der Waals surface area (Å²) >= 11 is 0. The number of allylic oxidation sites excluding steroid dienone is 3. The summed E-state index contributed by atoms with van der Waals surface area (Å²) in [6.45, 7) is 3.79. The van der Waals surface area contributed by atoms with Crippen molar-refractivity contribution >= 4 is 11.8 Å². The molecule has 1 heterocycles. The number of esters is 1. The van der Waals surface area contributed by atoms with Gasteiger partial charge >= 0.3 is 5.97 Å². The molecule has 0 aromatic heterocycles. The number of ether oxygens (including phenoxy) is 3. The maximum absolute atomic E-state index is 13.6. The van der Waals surface area contributed by atoms with Gasteiger partial charge in [0.2, 0.25) is 0 Å². The Labute approximate surface area is 199 Å². The molecule has 0 bridgehead atoms. The molecular formula is C27H29NO6. The van der Waals surface area contributed by atoms with Crippen molar-refractivity contribution in [1.82, 2.24) is 5.32 Å². The Bertz CT molecular complexity index is 1180. The molecule has 2 aromatic carbocycles. The molecule has 2 N–H and O–H groups in total. The van der Waals surface area contributed by atoms with Gasteiger partial charge in [-0.25, -0.2) is 4.79 Å². The molecule has 7 nitrogen and oxygen atoms in total. The second kappa shape index (κ2) is 9.63. The third-order valence-corrected chi connectivity index (χ3v) is 6.45. The van der Waals surface area contributed by atoms with E-state index in [1.54, 1.807) is 26.2 Å². The molecular weight excluding hydrogens is 434 g/mol. The van der Waals surface area contributed by atoms with E-state index in [-0.39, 0.29) is 29.8 Å². The van der Waals surface area contributed by atoms with Crippen LogP contribution in [0.4, 0.5) is 0 Å². The molecule has 7 heteroatoms. The third-order valence-electron chi connectivity index (χ3n) is 6.45. The van der Waals surface area contributed by atoms with E-state index in [0.29, 0.717) is 35.2 Å². The highest BCUT2D eigenvalue weighted by atomic mass is 16.5. The van der Waals surface area contributed by atoms with Crippen LogP contribution in [0.5, 0.6) is 17.2 Å². The Balaban J connectivity index is 1.79. The molecule has 0 amide bonds. The standard InChI is InChI=1S/C27H29NO6/c1-5-34-27(31)24-15(2)28-20-12-18(16-6-9-19(32-3)10-7-16)13-22(30)26(20)25(24)17-8-11-21(29)23(14-17)33-4/h6-11,14,18,25,28-29H,5,12-13H2,1-4H3/t18-,25+/m1/s1. The van der Waals surface area contributed by atoms with Gasteiger partial charge in [-0.1, -0.05) is 18.2 Å². The number of methoxy groups -OCH3 is 2. The second-order valence-corrected chi connectivity index (χ2v) is 8.44. The Morgan fingerprint density at radius 2 is 1.76 bits per heavy atom. The molecule has 0 fully saturated rings. The summed E-state index contributed by atoms with van der Waals surface area (Å²) in [4.78, 5) is 26.6. The van der Waals surface area contributed by atoms with E-state index in [1.807, 2.05) is 31.2 Å². The largest absolute Gasteiger partial charge is 0.504 e. The molecule has 2 aromatic rings. The van der Waals surface area contributed by atoms with Crippen molar-refractivity contribution in [2.75, 3.05) is 20.8 Å². The molecule has 0 radical (unpaired) electrons. The van der Waals surface area contributed by atoms with Gasteiger partial charge in [-0.15, -0.1) is 0 Å². The topological polar surface area (TPSA) is 94.1 Å². The minimum atomic E-state index is -0.617. The summed E-state index contributed by atoms with van der Waals surface area (Å²) in [6.07, 6.45) is 0.959. The minimum Gasteiger partial charge on any atom is -0.504 e. The Morgan fingerprint density at radius 3 is 2.41 bits per heavy atom. The average Bonchev–Trinajstić information content (AvgIpc) is 2.83. The van der Waals surface area contributed by atoms with Crippen molar-refractivity contribution in [1.29, 1.82) is 0 Å². The number of carbonyl (C=O) groups is 2. The number of carbonyl (C=O) groups excluding carboxylic acids is 2. The van der Waals surface area contributed by atoms with Gasteiger partial charge in [0.05, 0.1) is 26.4 Å². The van der Waals surface area contributed by atoms with Crippen LogP contribution in [0.25, 0.3) is 0 Å². The average molecular weight is 464 g/mol. The van der Waals surface area contributed by atoms with E-state index in [0.717, 1.165) is 17.0 Å². The van der Waals surface area contributed by atoms with Crippen molar-refractivity contribution in [3.63, 3.8) is 0 Å². The number of nitrogens with one attached hydrogen (secondary N) is 1. The molecule has 2 aliphatic rings. The lowest BCUT2D eigenvalue weighted by Gasteiger charge is -2.36. The fraction of sp³-hybridized carbons (Fsp3) is 0.333. The second-order valence-electron chi connectivity index (χ2n) is 8.44. The number of ketones is 1. The zero-order valence-corrected chi connectivity index (χ0v) is 19.8. The predicted octanol–water partition coefficient (Wildman–Crippen LogP) is 4.33. The summed E-state index contributed by atoms with van der Waals surface area (Å²) in [5.41, 5.74) is 4.15. The number of benzene rings is 2. The van der Waals surface area contributed by atoms with Crippen LogP contribution in [0, 0.1) is 0 Å². The fourth-order valence-electron chi connectivity index (χ4n) is 4.84. The predicted molar refractivity (Wildman–Crippen MR) is 127 cm³/mol. The highest BCUT2D eigenvalue weighted by Crippen LogP contribution is 2.47. The number of rotatable bonds is 6. The van der Waals surface area contributed by atoms with Gasteiger partial charge < -0.3 is 24.6 Å². The molecule has 178 valence electrons. The van der Waals surface area contributed by atoms with Gasteiger partial charge in [-0.2, -0.15) is 0 Å². The molecule has 0 saturated heterocycles. The summed E-state index contributed by atoms with van der Waals surface area (Å²) in [5, 5.41) is 13.4. The first-order valence-electron chi connectivity index (χ1n) is 11.3. The SMILES string of the molecule is CCOC(=O)C1=C(C)NC2=C(C(=O)C[C@H](c3ccc(OC)cc3)C2)[C@H]1c1ccc(O)c(OC)c1. The van der Waals surface area contributed by atoms with Crippen LogP contribution in [-0.4, -0.2) is 37.7 Å². The zero-order chi connectivity index (χ0) is 24.4. The first-order chi connectivity index (χ1) is 16.4. The molecule has 1 aliphatic heterocycles. The summed E-state index contributed by atoms with van der Waals surface area (Å²) in [6, 6.07) is 12.7. The molecule has 0 spiro atoms. The van der Waals surface area contributed by atoms with E-state index in [1.165, 1.54) is 13.2 Å². The first kappa shape index (κ1) is 23.4. The normalized spacial score (nSPS) is 19.9. The highest BCUT2D eigenvalue weighted by molar-refractivity contribution is 6.04. The fourth-order valence-corrected chi connectivity index (χ4v) is 4.84. The number of dihydropyridines is 1. The quantitative estimate of drug-likeness (QED) is 0.616. The van der Waals surface area contributed by atoms with Crippen LogP contribution in [0.3, 0.4) is 0 Å². The minimum absolute atomic E-state index is 0.0107. The Kier molecular flexibility index (Phi) is 6.63. The van der Waals surface area contributed by atoms with Gasteiger partial charge in [-0.05, 0) is 61.6 Å². The van der Waals surface area contributed by atoms with E-state index >= 15 is 0 Å². The summed E-state index contributed by atoms with van der Waals surface area (Å²) in [7, 11) is 3.08. The maximum Gasteiger partial charge on any atom is 0.336 e. The van der Waals surface area contributed by atoms with Gasteiger partial charge in [0.25, 0.3) is 0 Å². The smallest absolute Gasteiger partial charge is 0.336 e. The molecule has 0 unspecified atom stereocenters. The van der Waals surface area contributed by atoms with Gasteiger partial charge in [0, 0.05) is 29.3 Å². The highest BCUT2D eigenvalue weighted by Gasteiger charge is 2.41. The number of phenols is 1. The zero-order valence-electron chi connectivity index (χ0n) is 19.8. The third kappa shape index (κ3) is 4.25. The molecule has 1 aliphatic carbocycles. The molecule has 0 saturated carbocycles. The van der Waals surface area contributed by atoms with Gasteiger partial charge in [0.1, 0.15) is 5.75 Å². The summed E-state index contributed by atoms with van der Waals surface area (Å²) in [5.74, 6) is -0.0747. The van der Waals surface area contributed by atoms with E-state index in [2.05, 4.69) is 5.32 Å². The van der Waals surface area contributed by atoms with Crippen LogP contribution < -0.4 is 14.8 Å². The van der Waals surface area contributed by atoms with Crippen molar-refractivity contribution in [2.24, 2.45) is 0 Å². The van der Waals surface area contributed by atoms with Gasteiger partial charge in [-0.3, -0.25) is 4.79 Å². The van der Waals surface area contributed by atoms with Crippen molar-refractivity contribution in [3.05, 3.63) is 76.1 Å². The van der Waals surface area contributed by atoms with Crippen LogP contribution >= 0.6 is 0 Å². The first-order valence-corrected chi connectivity index (χ1v) is 11.3. The Hall–Kier alpha value is -3.74. The molecule has 34 heavy (non-hydrogen) atoms. The number of hydrogen-bond donors (Lipinski definition) is 2. The van der Waals surface area contributed by atoms with Crippen LogP contribution in [0.2, 0.25) is 0 Å². The number of aromatic hydroxyl groups is 1. The van der Waals surface area contributed by atoms with Crippen molar-refractivity contribution in [2.45, 2.75) is 38.5 Å².